The number of aromatic nitrogens is 2. The van der Waals surface area contributed by atoms with Gasteiger partial charge in [0, 0.05) is 31.3 Å². The van der Waals surface area contributed by atoms with E-state index >= 15 is 0 Å². The summed E-state index contributed by atoms with van der Waals surface area (Å²) in [4.78, 5) is 22.5. The zero-order valence-electron chi connectivity index (χ0n) is 10.5. The molecule has 98 valence electrons. The quantitative estimate of drug-likeness (QED) is 0.731. The van der Waals surface area contributed by atoms with Crippen LogP contribution >= 0.6 is 0 Å². The van der Waals surface area contributed by atoms with Gasteiger partial charge in [0.05, 0.1) is 12.2 Å². The van der Waals surface area contributed by atoms with Gasteiger partial charge >= 0.3 is 0 Å². The van der Waals surface area contributed by atoms with Gasteiger partial charge in [-0.1, -0.05) is 6.92 Å². The minimum Gasteiger partial charge on any atom is -0.302 e. The standard InChI is InChI=1S/C12H18N4O2/c1-2-5-16-8-9(7-14-16)6-13-10-3-4-11(17)15-12(10)18/h7-8,10,13H,2-6H2,1H3,(H,15,17,18). The maximum absolute atomic E-state index is 11.5. The number of nitrogens with zero attached hydrogens (tertiary/aromatic N) is 2. The lowest BCUT2D eigenvalue weighted by Crippen LogP contribution is -2.50. The van der Waals surface area contributed by atoms with Crippen molar-refractivity contribution in [3.05, 3.63) is 18.0 Å². The van der Waals surface area contributed by atoms with Gasteiger partial charge < -0.3 is 5.32 Å². The molecule has 1 unspecified atom stereocenters. The Morgan fingerprint density at radius 3 is 3.11 bits per heavy atom. The van der Waals surface area contributed by atoms with E-state index < -0.39 is 0 Å². The first-order valence-electron chi connectivity index (χ1n) is 6.27. The van der Waals surface area contributed by atoms with Crippen LogP contribution in [0.3, 0.4) is 0 Å². The molecule has 1 aromatic heterocycles. The summed E-state index contributed by atoms with van der Waals surface area (Å²) in [5.41, 5.74) is 1.05. The molecule has 0 radical (unpaired) electrons. The van der Waals surface area contributed by atoms with Crippen LogP contribution in [0.15, 0.2) is 12.4 Å². The first-order valence-corrected chi connectivity index (χ1v) is 6.27. The molecule has 6 nitrogen and oxygen atoms in total. The van der Waals surface area contributed by atoms with E-state index in [9.17, 15) is 9.59 Å². The fourth-order valence-corrected chi connectivity index (χ4v) is 1.98. The van der Waals surface area contributed by atoms with Crippen molar-refractivity contribution in [3.8, 4) is 0 Å². The molecule has 6 heteroatoms. The Hall–Kier alpha value is -1.69. The van der Waals surface area contributed by atoms with Gasteiger partial charge in [-0.05, 0) is 12.8 Å². The lowest BCUT2D eigenvalue weighted by molar-refractivity contribution is -0.134. The smallest absolute Gasteiger partial charge is 0.243 e. The molecule has 1 atom stereocenters. The Labute approximate surface area is 106 Å². The Morgan fingerprint density at radius 2 is 2.39 bits per heavy atom. The van der Waals surface area contributed by atoms with Crippen LogP contribution in [0.4, 0.5) is 0 Å². The van der Waals surface area contributed by atoms with Gasteiger partial charge in [-0.2, -0.15) is 5.10 Å². The third kappa shape index (κ3) is 3.16. The monoisotopic (exact) mass is 250 g/mol. The SMILES string of the molecule is CCCn1cc(CNC2CCC(=O)NC2=O)cn1. The fraction of sp³-hybridized carbons (Fsp3) is 0.583. The minimum atomic E-state index is -0.280. The number of hydrogen-bond donors (Lipinski definition) is 2. The Kier molecular flexibility index (Phi) is 4.09. The van der Waals surface area contributed by atoms with E-state index in [2.05, 4.69) is 22.7 Å². The first-order chi connectivity index (χ1) is 8.69. The number of amides is 2. The number of aryl methyl sites for hydroxylation is 1. The van der Waals surface area contributed by atoms with E-state index in [4.69, 9.17) is 0 Å². The van der Waals surface area contributed by atoms with Crippen molar-refractivity contribution in [2.45, 2.75) is 45.3 Å². The number of imide groups is 1. The number of nitrogens with one attached hydrogen (secondary N) is 2. The van der Waals surface area contributed by atoms with Crippen molar-refractivity contribution in [1.29, 1.82) is 0 Å². The molecule has 0 aliphatic carbocycles. The van der Waals surface area contributed by atoms with Crippen LogP contribution in [0.5, 0.6) is 0 Å². The molecule has 2 rings (SSSR count). The van der Waals surface area contributed by atoms with Crippen LogP contribution in [-0.4, -0.2) is 27.6 Å². The number of rotatable bonds is 5. The van der Waals surface area contributed by atoms with E-state index in [1.165, 1.54) is 0 Å². The maximum Gasteiger partial charge on any atom is 0.243 e. The van der Waals surface area contributed by atoms with Crippen molar-refractivity contribution in [2.24, 2.45) is 0 Å². The molecular weight excluding hydrogens is 232 g/mol. The molecule has 0 aromatic carbocycles. The summed E-state index contributed by atoms with van der Waals surface area (Å²) in [5.74, 6) is -0.416. The van der Waals surface area contributed by atoms with Gasteiger partial charge in [0.2, 0.25) is 11.8 Å². The zero-order valence-corrected chi connectivity index (χ0v) is 10.5. The molecule has 1 aliphatic heterocycles. The molecule has 0 bridgehead atoms. The Balaban J connectivity index is 1.83. The van der Waals surface area contributed by atoms with Crippen LogP contribution < -0.4 is 10.6 Å². The van der Waals surface area contributed by atoms with E-state index in [0.717, 1.165) is 18.5 Å². The van der Waals surface area contributed by atoms with E-state index in [1.54, 1.807) is 6.20 Å². The number of piperidine rings is 1. The topological polar surface area (TPSA) is 76.0 Å². The van der Waals surface area contributed by atoms with Crippen LogP contribution in [0.1, 0.15) is 31.7 Å². The van der Waals surface area contributed by atoms with E-state index in [1.807, 2.05) is 10.9 Å². The second-order valence-electron chi connectivity index (χ2n) is 4.50. The highest BCUT2D eigenvalue weighted by Gasteiger charge is 2.25. The second kappa shape index (κ2) is 5.77. The zero-order chi connectivity index (χ0) is 13.0. The summed E-state index contributed by atoms with van der Waals surface area (Å²) in [7, 11) is 0. The fourth-order valence-electron chi connectivity index (χ4n) is 1.98. The summed E-state index contributed by atoms with van der Waals surface area (Å²) >= 11 is 0. The van der Waals surface area contributed by atoms with Crippen LogP contribution in [0.2, 0.25) is 0 Å². The van der Waals surface area contributed by atoms with Gasteiger partial charge in [0.25, 0.3) is 0 Å². The highest BCUT2D eigenvalue weighted by molar-refractivity contribution is 6.00. The summed E-state index contributed by atoms with van der Waals surface area (Å²) in [6.07, 6.45) is 5.78. The maximum atomic E-state index is 11.5. The second-order valence-corrected chi connectivity index (χ2v) is 4.50. The lowest BCUT2D eigenvalue weighted by atomic mass is 10.1. The van der Waals surface area contributed by atoms with Crippen LogP contribution in [-0.2, 0) is 22.7 Å². The molecular formula is C12H18N4O2. The largest absolute Gasteiger partial charge is 0.302 e. The average Bonchev–Trinajstić information content (AvgIpc) is 2.76. The third-order valence-corrected chi connectivity index (χ3v) is 2.93. The van der Waals surface area contributed by atoms with E-state index in [-0.39, 0.29) is 17.9 Å². The van der Waals surface area contributed by atoms with Crippen molar-refractivity contribution < 1.29 is 9.59 Å². The van der Waals surface area contributed by atoms with Crippen molar-refractivity contribution >= 4 is 11.8 Å². The van der Waals surface area contributed by atoms with E-state index in [0.29, 0.717) is 19.4 Å². The Bertz CT molecular complexity index is 441. The van der Waals surface area contributed by atoms with Crippen molar-refractivity contribution in [2.75, 3.05) is 0 Å². The molecule has 18 heavy (non-hydrogen) atoms. The highest BCUT2D eigenvalue weighted by Crippen LogP contribution is 2.06. The van der Waals surface area contributed by atoms with Crippen LogP contribution in [0.25, 0.3) is 0 Å². The predicted molar refractivity (Wildman–Crippen MR) is 65.5 cm³/mol. The molecule has 1 aliphatic rings. The molecule has 1 saturated heterocycles. The normalized spacial score (nSPS) is 19.9. The van der Waals surface area contributed by atoms with Gasteiger partial charge in [0.1, 0.15) is 0 Å². The number of carbonyl (C=O) groups is 2. The van der Waals surface area contributed by atoms with Gasteiger partial charge in [-0.3, -0.25) is 19.6 Å². The Morgan fingerprint density at radius 1 is 1.56 bits per heavy atom. The van der Waals surface area contributed by atoms with Gasteiger partial charge in [0.15, 0.2) is 0 Å². The van der Waals surface area contributed by atoms with Crippen LogP contribution in [0, 0.1) is 0 Å². The molecule has 2 amide bonds. The summed E-state index contributed by atoms with van der Waals surface area (Å²) in [6.45, 7) is 3.59. The minimum absolute atomic E-state index is 0.186. The summed E-state index contributed by atoms with van der Waals surface area (Å²) in [5, 5.41) is 9.70. The van der Waals surface area contributed by atoms with Gasteiger partial charge in [-0.15, -0.1) is 0 Å². The lowest BCUT2D eigenvalue weighted by Gasteiger charge is -2.21. The molecule has 1 aromatic rings. The molecule has 1 fully saturated rings. The van der Waals surface area contributed by atoms with Crippen molar-refractivity contribution in [1.82, 2.24) is 20.4 Å². The molecule has 2 N–H and O–H groups in total. The summed E-state index contributed by atoms with van der Waals surface area (Å²) < 4.78 is 1.89. The molecule has 2 heterocycles. The average molecular weight is 250 g/mol. The number of hydrogen-bond acceptors (Lipinski definition) is 4. The summed E-state index contributed by atoms with van der Waals surface area (Å²) in [6, 6.07) is -0.280. The van der Waals surface area contributed by atoms with Gasteiger partial charge in [-0.25, -0.2) is 0 Å². The molecule has 0 saturated carbocycles. The number of carbonyl (C=O) groups excluding carboxylic acids is 2. The highest BCUT2D eigenvalue weighted by atomic mass is 16.2. The first kappa shape index (κ1) is 12.8. The predicted octanol–water partition coefficient (Wildman–Crippen LogP) is 0.188. The van der Waals surface area contributed by atoms with Crippen molar-refractivity contribution in [3.63, 3.8) is 0 Å². The third-order valence-electron chi connectivity index (χ3n) is 2.93. The molecule has 0 spiro atoms.